The van der Waals surface area contributed by atoms with Crippen LogP contribution in [0, 0.1) is 6.92 Å². The minimum Gasteiger partial charge on any atom is -0.497 e. The van der Waals surface area contributed by atoms with Gasteiger partial charge in [-0.3, -0.25) is 9.59 Å². The summed E-state index contributed by atoms with van der Waals surface area (Å²) in [7, 11) is 1.59. The largest absolute Gasteiger partial charge is 0.497 e. The number of hydrogen-bond acceptors (Lipinski definition) is 3. The molecule has 132 valence electrons. The minimum absolute atomic E-state index is 0.0830. The second kappa shape index (κ2) is 8.87. The molecule has 0 atom stereocenters. The maximum Gasteiger partial charge on any atom is 0.223 e. The second-order valence-corrected chi connectivity index (χ2v) is 5.88. The van der Waals surface area contributed by atoms with Crippen molar-refractivity contribution in [2.24, 2.45) is 0 Å². The minimum atomic E-state index is -0.100. The summed E-state index contributed by atoms with van der Waals surface area (Å²) in [6.45, 7) is 4.34. The summed E-state index contributed by atoms with van der Waals surface area (Å²) in [5, 5.41) is 2.89. The zero-order chi connectivity index (χ0) is 18.2. The van der Waals surface area contributed by atoms with Gasteiger partial charge in [0.25, 0.3) is 0 Å². The molecule has 0 saturated carbocycles. The van der Waals surface area contributed by atoms with Crippen molar-refractivity contribution in [2.75, 3.05) is 18.6 Å². The molecule has 0 aromatic heterocycles. The van der Waals surface area contributed by atoms with Gasteiger partial charge in [-0.15, -0.1) is 0 Å². The van der Waals surface area contributed by atoms with Crippen LogP contribution in [0.4, 0.5) is 5.69 Å². The number of nitrogens with zero attached hydrogens (tertiary/aromatic N) is 1. The van der Waals surface area contributed by atoms with E-state index in [4.69, 9.17) is 4.74 Å². The molecule has 2 aromatic carbocycles. The molecule has 1 N–H and O–H groups in total. The third kappa shape index (κ3) is 5.64. The number of rotatable bonds is 7. The van der Waals surface area contributed by atoms with Gasteiger partial charge in [0.15, 0.2) is 0 Å². The molecule has 0 unspecified atom stereocenters. The fourth-order valence-corrected chi connectivity index (χ4v) is 2.44. The first kappa shape index (κ1) is 18.5. The molecule has 0 spiro atoms. The van der Waals surface area contributed by atoms with Gasteiger partial charge in [0.2, 0.25) is 11.8 Å². The smallest absolute Gasteiger partial charge is 0.223 e. The van der Waals surface area contributed by atoms with Crippen LogP contribution in [-0.2, 0) is 16.1 Å². The molecule has 0 radical (unpaired) electrons. The molecule has 2 amide bonds. The highest BCUT2D eigenvalue weighted by atomic mass is 16.5. The summed E-state index contributed by atoms with van der Waals surface area (Å²) < 4.78 is 5.12. The fourth-order valence-electron chi connectivity index (χ4n) is 2.44. The summed E-state index contributed by atoms with van der Waals surface area (Å²) >= 11 is 0. The first-order valence-electron chi connectivity index (χ1n) is 8.24. The predicted molar refractivity (Wildman–Crippen MR) is 98.7 cm³/mol. The summed E-state index contributed by atoms with van der Waals surface area (Å²) in [5.74, 6) is 0.542. The number of carbonyl (C=O) groups is 2. The number of benzene rings is 2. The number of methoxy groups -OCH3 is 1. The standard InChI is InChI=1S/C20H24N2O3/c1-15-4-6-17(7-5-15)14-21-20(24)12-13-22(16(2)23)18-8-10-19(25-3)11-9-18/h4-11H,12-14H2,1-3H3,(H,21,24). The van der Waals surface area contributed by atoms with Crippen LogP contribution in [0.25, 0.3) is 0 Å². The van der Waals surface area contributed by atoms with Gasteiger partial charge in [0, 0.05) is 32.1 Å². The van der Waals surface area contributed by atoms with Crippen LogP contribution < -0.4 is 15.0 Å². The molecule has 2 aromatic rings. The molecule has 2 rings (SSSR count). The highest BCUT2D eigenvalue weighted by molar-refractivity contribution is 5.92. The molecule has 0 fully saturated rings. The van der Waals surface area contributed by atoms with Crippen LogP contribution in [0.1, 0.15) is 24.5 Å². The lowest BCUT2D eigenvalue weighted by atomic mass is 10.1. The molecule has 0 bridgehead atoms. The van der Waals surface area contributed by atoms with Gasteiger partial charge in [-0.25, -0.2) is 0 Å². The Kier molecular flexibility index (Phi) is 6.57. The molecule has 0 heterocycles. The topological polar surface area (TPSA) is 58.6 Å². The Morgan fingerprint density at radius 3 is 2.24 bits per heavy atom. The number of anilines is 1. The van der Waals surface area contributed by atoms with Crippen molar-refractivity contribution in [2.45, 2.75) is 26.8 Å². The van der Waals surface area contributed by atoms with Crippen molar-refractivity contribution in [3.8, 4) is 5.75 Å². The van der Waals surface area contributed by atoms with Crippen LogP contribution >= 0.6 is 0 Å². The van der Waals surface area contributed by atoms with Gasteiger partial charge in [-0.1, -0.05) is 29.8 Å². The molecule has 0 aliphatic heterocycles. The lowest BCUT2D eigenvalue weighted by molar-refractivity contribution is -0.121. The molecule has 5 nitrogen and oxygen atoms in total. The highest BCUT2D eigenvalue weighted by Gasteiger charge is 2.13. The number of ether oxygens (including phenoxy) is 1. The molecule has 0 aliphatic carbocycles. The maximum absolute atomic E-state index is 12.1. The van der Waals surface area contributed by atoms with E-state index in [1.54, 1.807) is 24.1 Å². The molecule has 0 saturated heterocycles. The normalized spacial score (nSPS) is 10.2. The third-order valence-corrected chi connectivity index (χ3v) is 3.94. The first-order chi connectivity index (χ1) is 12.0. The first-order valence-corrected chi connectivity index (χ1v) is 8.24. The van der Waals surface area contributed by atoms with Crippen molar-refractivity contribution in [1.29, 1.82) is 0 Å². The van der Waals surface area contributed by atoms with Gasteiger partial charge in [-0.05, 0) is 36.8 Å². The van der Waals surface area contributed by atoms with Crippen molar-refractivity contribution in [3.05, 3.63) is 59.7 Å². The molecule has 5 heteroatoms. The van der Waals surface area contributed by atoms with Crippen molar-refractivity contribution in [1.82, 2.24) is 5.32 Å². The second-order valence-electron chi connectivity index (χ2n) is 5.88. The average Bonchev–Trinajstić information content (AvgIpc) is 2.61. The van der Waals surface area contributed by atoms with Gasteiger partial charge >= 0.3 is 0 Å². The monoisotopic (exact) mass is 340 g/mol. The highest BCUT2D eigenvalue weighted by Crippen LogP contribution is 2.19. The number of amides is 2. The fraction of sp³-hybridized carbons (Fsp3) is 0.300. The summed E-state index contributed by atoms with van der Waals surface area (Å²) in [6, 6.07) is 15.2. The Morgan fingerprint density at radius 2 is 1.68 bits per heavy atom. The van der Waals surface area contributed by atoms with Crippen LogP contribution in [0.5, 0.6) is 5.75 Å². The Balaban J connectivity index is 1.88. The number of aryl methyl sites for hydroxylation is 1. The van der Waals surface area contributed by atoms with Crippen LogP contribution in [0.3, 0.4) is 0 Å². The van der Waals surface area contributed by atoms with E-state index >= 15 is 0 Å². The maximum atomic E-state index is 12.1. The lowest BCUT2D eigenvalue weighted by Gasteiger charge is -2.21. The molecule has 25 heavy (non-hydrogen) atoms. The Hall–Kier alpha value is -2.82. The number of nitrogens with one attached hydrogen (secondary N) is 1. The Bertz CT molecular complexity index is 709. The number of carbonyl (C=O) groups excluding carboxylic acids is 2. The van der Waals surface area contributed by atoms with Crippen LogP contribution in [0.2, 0.25) is 0 Å². The van der Waals surface area contributed by atoms with Crippen molar-refractivity contribution in [3.63, 3.8) is 0 Å². The van der Waals surface area contributed by atoms with E-state index in [1.165, 1.54) is 12.5 Å². The van der Waals surface area contributed by atoms with E-state index in [-0.39, 0.29) is 18.2 Å². The summed E-state index contributed by atoms with van der Waals surface area (Å²) in [4.78, 5) is 25.5. The molecular weight excluding hydrogens is 316 g/mol. The zero-order valence-corrected chi connectivity index (χ0v) is 14.9. The molecule has 0 aliphatic rings. The van der Waals surface area contributed by atoms with Gasteiger partial charge in [-0.2, -0.15) is 0 Å². The Labute approximate surface area is 148 Å². The lowest BCUT2D eigenvalue weighted by Crippen LogP contribution is -2.33. The molecular formula is C20H24N2O3. The summed E-state index contributed by atoms with van der Waals surface area (Å²) in [6.07, 6.45) is 0.247. The van der Waals surface area contributed by atoms with E-state index in [9.17, 15) is 9.59 Å². The Morgan fingerprint density at radius 1 is 1.04 bits per heavy atom. The SMILES string of the molecule is COc1ccc(N(CCC(=O)NCc2ccc(C)cc2)C(C)=O)cc1. The van der Waals surface area contributed by atoms with E-state index < -0.39 is 0 Å². The van der Waals surface area contributed by atoms with Crippen molar-refractivity contribution >= 4 is 17.5 Å². The quantitative estimate of drug-likeness (QED) is 0.843. The van der Waals surface area contributed by atoms with E-state index in [2.05, 4.69) is 5.32 Å². The van der Waals surface area contributed by atoms with E-state index in [1.807, 2.05) is 43.3 Å². The van der Waals surface area contributed by atoms with Crippen LogP contribution in [0.15, 0.2) is 48.5 Å². The third-order valence-electron chi connectivity index (χ3n) is 3.94. The predicted octanol–water partition coefficient (Wildman–Crippen LogP) is 3.06. The van der Waals surface area contributed by atoms with Gasteiger partial charge in [0.05, 0.1) is 7.11 Å². The average molecular weight is 340 g/mol. The number of hydrogen-bond donors (Lipinski definition) is 1. The zero-order valence-electron chi connectivity index (χ0n) is 14.9. The van der Waals surface area contributed by atoms with Crippen molar-refractivity contribution < 1.29 is 14.3 Å². The summed E-state index contributed by atoms with van der Waals surface area (Å²) in [5.41, 5.74) is 2.99. The van der Waals surface area contributed by atoms with Gasteiger partial charge in [0.1, 0.15) is 5.75 Å². The van der Waals surface area contributed by atoms with E-state index in [0.717, 1.165) is 17.0 Å². The van der Waals surface area contributed by atoms with E-state index in [0.29, 0.717) is 13.1 Å². The van der Waals surface area contributed by atoms with Crippen LogP contribution in [-0.4, -0.2) is 25.5 Å². The van der Waals surface area contributed by atoms with Gasteiger partial charge < -0.3 is 15.0 Å².